The Morgan fingerprint density at radius 1 is 1.17 bits per heavy atom. The summed E-state index contributed by atoms with van der Waals surface area (Å²) in [5.41, 5.74) is 1.26. The van der Waals surface area contributed by atoms with Crippen LogP contribution < -0.4 is 19.5 Å². The molecular weight excluding hydrogens is 458 g/mol. The molecule has 5 rings (SSSR count). The molecule has 0 radical (unpaired) electrons. The van der Waals surface area contributed by atoms with Crippen LogP contribution in [0.1, 0.15) is 33.1 Å². The summed E-state index contributed by atoms with van der Waals surface area (Å²) in [6.45, 7) is 6.27. The first-order chi connectivity index (χ1) is 16.7. The highest BCUT2D eigenvalue weighted by Gasteiger charge is 2.41. The number of nitrogens with zero attached hydrogens (tertiary/aromatic N) is 2. The van der Waals surface area contributed by atoms with E-state index >= 15 is 0 Å². The Kier molecular flexibility index (Phi) is 8.94. The van der Waals surface area contributed by atoms with E-state index in [2.05, 4.69) is 14.9 Å². The van der Waals surface area contributed by atoms with Gasteiger partial charge in [0.05, 0.1) is 31.9 Å². The molecule has 0 bridgehead atoms. The van der Waals surface area contributed by atoms with E-state index in [0.717, 1.165) is 69.4 Å². The summed E-state index contributed by atoms with van der Waals surface area (Å²) in [6.07, 6.45) is 7.58. The minimum Gasteiger partial charge on any atom is -0.496 e. The van der Waals surface area contributed by atoms with Crippen molar-refractivity contribution in [3.05, 3.63) is 24.5 Å². The first kappa shape index (κ1) is 26.3. The van der Waals surface area contributed by atoms with Gasteiger partial charge in [-0.25, -0.2) is 4.98 Å². The van der Waals surface area contributed by atoms with Crippen molar-refractivity contribution in [1.82, 2.24) is 14.9 Å². The van der Waals surface area contributed by atoms with Gasteiger partial charge < -0.3 is 39.0 Å². The van der Waals surface area contributed by atoms with Crippen LogP contribution in [-0.4, -0.2) is 71.4 Å². The largest absolute Gasteiger partial charge is 0.496 e. The van der Waals surface area contributed by atoms with Crippen LogP contribution in [0.15, 0.2) is 24.5 Å². The molecule has 3 aliphatic heterocycles. The van der Waals surface area contributed by atoms with Crippen LogP contribution in [0.3, 0.4) is 0 Å². The number of hydrogen-bond donors (Lipinski definition) is 3. The van der Waals surface area contributed by atoms with Gasteiger partial charge in [-0.15, -0.1) is 0 Å². The lowest BCUT2D eigenvalue weighted by atomic mass is 9.77. The van der Waals surface area contributed by atoms with Crippen molar-refractivity contribution < 1.29 is 38.7 Å². The maximum Gasteiger partial charge on any atom is 0.300 e. The monoisotopic (exact) mass is 491 g/mol. The van der Waals surface area contributed by atoms with Gasteiger partial charge in [0, 0.05) is 32.3 Å². The number of fused-ring (bicyclic) bond motifs is 1. The highest BCUT2D eigenvalue weighted by atomic mass is 16.7. The third-order valence-corrected chi connectivity index (χ3v) is 6.00. The molecule has 11 heteroatoms. The number of carboxylic acid groups (broad SMARTS) is 2. The predicted molar refractivity (Wildman–Crippen MR) is 126 cm³/mol. The zero-order chi connectivity index (χ0) is 25.4. The molecule has 3 aliphatic rings. The first-order valence-electron chi connectivity index (χ1n) is 11.4. The van der Waals surface area contributed by atoms with Crippen molar-refractivity contribution in [3.63, 3.8) is 0 Å². The van der Waals surface area contributed by atoms with Gasteiger partial charge in [-0.05, 0) is 43.8 Å². The molecule has 4 heterocycles. The van der Waals surface area contributed by atoms with Crippen LogP contribution in [0.4, 0.5) is 0 Å². The van der Waals surface area contributed by atoms with Crippen LogP contribution in [0, 0.1) is 5.41 Å². The standard InChI is InChI=1S/C20H25N3O4.2C2H4O2/c1-24-16-9-18-17(26-13-27-18)8-15(16)19-22-6-7-23(19)11-14-10-20(12-25-14)2-4-21-5-3-20;2*1-2(3)4/h6-9,14,21H,2-5,10-13H2,1H3;2*1H3,(H,3,4). The molecule has 35 heavy (non-hydrogen) atoms. The Hall–Kier alpha value is -3.31. The summed E-state index contributed by atoms with van der Waals surface area (Å²) in [7, 11) is 1.66. The van der Waals surface area contributed by atoms with Gasteiger partial charge in [0.2, 0.25) is 6.79 Å². The average Bonchev–Trinajstić information content (AvgIpc) is 3.53. The molecule has 0 amide bonds. The molecule has 0 saturated carbocycles. The molecule has 0 aliphatic carbocycles. The van der Waals surface area contributed by atoms with Crippen molar-refractivity contribution in [2.45, 2.75) is 45.8 Å². The normalized spacial score (nSPS) is 19.2. The van der Waals surface area contributed by atoms with E-state index in [4.69, 9.17) is 38.7 Å². The maximum absolute atomic E-state index is 9.00. The second kappa shape index (κ2) is 11.9. The van der Waals surface area contributed by atoms with Crippen LogP contribution in [-0.2, 0) is 20.9 Å². The van der Waals surface area contributed by atoms with Gasteiger partial charge in [0.1, 0.15) is 11.6 Å². The van der Waals surface area contributed by atoms with Gasteiger partial charge in [-0.3, -0.25) is 9.59 Å². The smallest absolute Gasteiger partial charge is 0.300 e. The van der Waals surface area contributed by atoms with Crippen molar-refractivity contribution >= 4 is 11.9 Å². The van der Waals surface area contributed by atoms with Gasteiger partial charge in [0.25, 0.3) is 11.9 Å². The summed E-state index contributed by atoms with van der Waals surface area (Å²) in [6, 6.07) is 3.82. The van der Waals surface area contributed by atoms with Gasteiger partial charge in [-0.1, -0.05) is 0 Å². The Labute approximate surface area is 204 Å². The third-order valence-electron chi connectivity index (χ3n) is 6.00. The lowest BCUT2D eigenvalue weighted by Crippen LogP contribution is -2.37. The number of imidazole rings is 1. The fourth-order valence-corrected chi connectivity index (χ4v) is 4.51. The fourth-order valence-electron chi connectivity index (χ4n) is 4.51. The summed E-state index contributed by atoms with van der Waals surface area (Å²) < 4.78 is 24.9. The van der Waals surface area contributed by atoms with Crippen molar-refractivity contribution in [2.75, 3.05) is 33.6 Å². The van der Waals surface area contributed by atoms with Crippen LogP contribution in [0.2, 0.25) is 0 Å². The van der Waals surface area contributed by atoms with Gasteiger partial charge in [0.15, 0.2) is 11.5 Å². The Bertz CT molecular complexity index is 996. The molecule has 3 N–H and O–H groups in total. The third kappa shape index (κ3) is 7.09. The molecule has 1 unspecified atom stereocenters. The van der Waals surface area contributed by atoms with E-state index in [1.807, 2.05) is 24.5 Å². The summed E-state index contributed by atoms with van der Waals surface area (Å²) >= 11 is 0. The number of ether oxygens (including phenoxy) is 4. The van der Waals surface area contributed by atoms with E-state index in [0.29, 0.717) is 11.2 Å². The van der Waals surface area contributed by atoms with Gasteiger partial charge >= 0.3 is 0 Å². The number of nitrogens with one attached hydrogen (secondary N) is 1. The summed E-state index contributed by atoms with van der Waals surface area (Å²) in [5.74, 6) is 1.36. The highest BCUT2D eigenvalue weighted by molar-refractivity contribution is 5.70. The molecule has 1 aromatic carbocycles. The zero-order valence-corrected chi connectivity index (χ0v) is 20.3. The second-order valence-electron chi connectivity index (χ2n) is 8.73. The lowest BCUT2D eigenvalue weighted by Gasteiger charge is -2.32. The number of carboxylic acids is 2. The van der Waals surface area contributed by atoms with Gasteiger partial charge in [-0.2, -0.15) is 0 Å². The molecule has 2 saturated heterocycles. The predicted octanol–water partition coefficient (Wildman–Crippen LogP) is 2.63. The average molecular weight is 492 g/mol. The first-order valence-corrected chi connectivity index (χ1v) is 11.4. The molecule has 11 nitrogen and oxygen atoms in total. The van der Waals surface area contributed by atoms with Crippen LogP contribution >= 0.6 is 0 Å². The maximum atomic E-state index is 9.00. The van der Waals surface area contributed by atoms with Crippen molar-refractivity contribution in [1.29, 1.82) is 0 Å². The zero-order valence-electron chi connectivity index (χ0n) is 20.3. The second-order valence-corrected chi connectivity index (χ2v) is 8.73. The van der Waals surface area contributed by atoms with E-state index < -0.39 is 11.9 Å². The molecule has 1 atom stereocenters. The topological polar surface area (TPSA) is 141 Å². The molecule has 2 fully saturated rings. The number of hydrogen-bond acceptors (Lipinski definition) is 8. The van der Waals surface area contributed by atoms with Crippen molar-refractivity contribution in [3.8, 4) is 28.6 Å². The number of aliphatic carboxylic acids is 2. The van der Waals surface area contributed by atoms with Crippen LogP contribution in [0.25, 0.3) is 11.4 Å². The van der Waals surface area contributed by atoms with E-state index in [-0.39, 0.29) is 12.9 Å². The number of piperidine rings is 1. The van der Waals surface area contributed by atoms with E-state index in [9.17, 15) is 0 Å². The number of methoxy groups -OCH3 is 1. The molecular formula is C24H33N3O8. The minimum absolute atomic E-state index is 0.219. The van der Waals surface area contributed by atoms with E-state index in [1.54, 1.807) is 7.11 Å². The Morgan fingerprint density at radius 3 is 2.43 bits per heavy atom. The lowest BCUT2D eigenvalue weighted by molar-refractivity contribution is -0.135. The molecule has 1 spiro atoms. The minimum atomic E-state index is -0.833. The Morgan fingerprint density at radius 2 is 1.80 bits per heavy atom. The molecule has 1 aromatic heterocycles. The molecule has 192 valence electrons. The van der Waals surface area contributed by atoms with Crippen LogP contribution in [0.5, 0.6) is 17.2 Å². The quantitative estimate of drug-likeness (QED) is 0.584. The Balaban J connectivity index is 0.000000376. The summed E-state index contributed by atoms with van der Waals surface area (Å²) in [4.78, 5) is 22.6. The summed E-state index contributed by atoms with van der Waals surface area (Å²) in [5, 5.41) is 18.3. The van der Waals surface area contributed by atoms with Crippen molar-refractivity contribution in [2.24, 2.45) is 5.41 Å². The number of rotatable bonds is 4. The number of benzene rings is 1. The number of carbonyl (C=O) groups is 2. The fraction of sp³-hybridized carbons (Fsp3) is 0.542. The molecule has 2 aromatic rings. The highest BCUT2D eigenvalue weighted by Crippen LogP contribution is 2.43. The van der Waals surface area contributed by atoms with E-state index in [1.165, 1.54) is 12.8 Å². The number of aromatic nitrogens is 2. The SMILES string of the molecule is CC(=O)O.CC(=O)O.COc1cc2c(cc1-c1nccn1CC1CC3(CCNCC3)CO1)OCO2.